The van der Waals surface area contributed by atoms with Gasteiger partial charge in [-0.2, -0.15) is 5.10 Å². The molecule has 0 spiro atoms. The number of H-pyrrole nitrogens is 1. The smallest absolute Gasteiger partial charge is 0.246 e. The van der Waals surface area contributed by atoms with Gasteiger partial charge in [-0.25, -0.2) is 10.4 Å². The fourth-order valence-corrected chi connectivity index (χ4v) is 4.40. The number of phenols is 1. The molecule has 6 heteroatoms. The minimum Gasteiger partial charge on any atom is -0.507 e. The third kappa shape index (κ3) is 3.18. The van der Waals surface area contributed by atoms with Crippen LogP contribution in [0.3, 0.4) is 0 Å². The van der Waals surface area contributed by atoms with Gasteiger partial charge in [0.25, 0.3) is 0 Å². The first-order valence-electron chi connectivity index (χ1n) is 9.89. The van der Waals surface area contributed by atoms with Crippen molar-refractivity contribution >= 4 is 23.2 Å². The highest BCUT2D eigenvalue weighted by Gasteiger charge is 2.57. The van der Waals surface area contributed by atoms with Gasteiger partial charge in [0.2, 0.25) is 5.91 Å². The van der Waals surface area contributed by atoms with Crippen molar-refractivity contribution in [1.29, 1.82) is 0 Å². The average molecular weight is 390 g/mol. The second-order valence-corrected chi connectivity index (χ2v) is 8.54. The molecule has 150 valence electrons. The van der Waals surface area contributed by atoms with Crippen LogP contribution >= 0.6 is 0 Å². The summed E-state index contributed by atoms with van der Waals surface area (Å²) >= 11 is 0. The van der Waals surface area contributed by atoms with Gasteiger partial charge >= 0.3 is 0 Å². The van der Waals surface area contributed by atoms with Crippen LogP contribution in [0, 0.1) is 10.8 Å². The molecule has 1 aliphatic carbocycles. The summed E-state index contributed by atoms with van der Waals surface area (Å²) in [5.41, 5.74) is 4.31. The summed E-state index contributed by atoms with van der Waals surface area (Å²) in [6.07, 6.45) is 3.09. The van der Waals surface area contributed by atoms with E-state index >= 15 is 0 Å². The molecule has 0 radical (unpaired) electrons. The van der Waals surface area contributed by atoms with E-state index in [1.165, 1.54) is 6.21 Å². The van der Waals surface area contributed by atoms with Crippen molar-refractivity contribution in [2.45, 2.75) is 39.5 Å². The van der Waals surface area contributed by atoms with Crippen molar-refractivity contribution in [3.05, 3.63) is 59.9 Å². The number of aromatic amines is 1. The average Bonchev–Trinajstić information content (AvgIpc) is 3.22. The predicted octanol–water partition coefficient (Wildman–Crippen LogP) is 4.33. The van der Waals surface area contributed by atoms with Gasteiger partial charge in [0.05, 0.1) is 22.7 Å². The second kappa shape index (κ2) is 7.03. The van der Waals surface area contributed by atoms with Gasteiger partial charge in [-0.15, -0.1) is 0 Å². The summed E-state index contributed by atoms with van der Waals surface area (Å²) < 4.78 is 0. The van der Waals surface area contributed by atoms with Crippen LogP contribution in [0.2, 0.25) is 0 Å². The molecule has 4 rings (SSSR count). The lowest BCUT2D eigenvalue weighted by molar-refractivity contribution is -0.135. The Labute approximate surface area is 170 Å². The Balaban J connectivity index is 1.54. The maximum absolute atomic E-state index is 13.1. The number of para-hydroxylation sites is 3. The number of nitrogens with one attached hydrogen (secondary N) is 2. The molecule has 1 saturated carbocycles. The van der Waals surface area contributed by atoms with Crippen LogP contribution in [0.5, 0.6) is 5.75 Å². The van der Waals surface area contributed by atoms with Gasteiger partial charge in [-0.1, -0.05) is 45.0 Å². The Morgan fingerprint density at radius 2 is 1.93 bits per heavy atom. The Hall–Kier alpha value is -3.15. The highest BCUT2D eigenvalue weighted by molar-refractivity contribution is 5.87. The number of rotatable bonds is 4. The second-order valence-electron chi connectivity index (χ2n) is 8.54. The van der Waals surface area contributed by atoms with E-state index in [1.807, 2.05) is 37.3 Å². The van der Waals surface area contributed by atoms with Gasteiger partial charge in [0.1, 0.15) is 11.6 Å². The molecule has 29 heavy (non-hydrogen) atoms. The zero-order chi connectivity index (χ0) is 20.6. The summed E-state index contributed by atoms with van der Waals surface area (Å²) in [5, 5.41) is 13.9. The zero-order valence-corrected chi connectivity index (χ0v) is 16.9. The summed E-state index contributed by atoms with van der Waals surface area (Å²) in [7, 11) is 0. The van der Waals surface area contributed by atoms with Crippen molar-refractivity contribution in [3.8, 4) is 5.75 Å². The predicted molar refractivity (Wildman–Crippen MR) is 114 cm³/mol. The summed E-state index contributed by atoms with van der Waals surface area (Å²) in [4.78, 5) is 21.3. The van der Waals surface area contributed by atoms with Crippen LogP contribution in [0.25, 0.3) is 11.0 Å². The molecule has 3 N–H and O–H groups in total. The lowest BCUT2D eigenvalue weighted by atomic mass is 9.65. The quantitative estimate of drug-likeness (QED) is 0.457. The minimum atomic E-state index is -0.591. The van der Waals surface area contributed by atoms with Gasteiger partial charge in [0.15, 0.2) is 0 Å². The SMILES string of the molecule is CC1(C)[C@H](c2nc3ccccc3[nH]2)CC[C@@]1(C)C(=O)N/N=C\c1ccccc1O. The minimum absolute atomic E-state index is 0.118. The molecule has 1 fully saturated rings. The number of amides is 1. The molecule has 3 aromatic rings. The summed E-state index contributed by atoms with van der Waals surface area (Å²) in [5.74, 6) is 1.09. The molecule has 2 atom stereocenters. The Morgan fingerprint density at radius 1 is 1.21 bits per heavy atom. The van der Waals surface area contributed by atoms with Gasteiger partial charge in [0, 0.05) is 11.5 Å². The molecule has 2 aromatic carbocycles. The van der Waals surface area contributed by atoms with E-state index in [0.717, 1.165) is 29.7 Å². The van der Waals surface area contributed by atoms with Crippen LogP contribution < -0.4 is 5.43 Å². The van der Waals surface area contributed by atoms with Crippen molar-refractivity contribution in [3.63, 3.8) is 0 Å². The van der Waals surface area contributed by atoms with E-state index in [1.54, 1.807) is 18.2 Å². The largest absolute Gasteiger partial charge is 0.507 e. The molecule has 1 heterocycles. The first kappa shape index (κ1) is 19.2. The number of hydrazone groups is 1. The third-order valence-corrected chi connectivity index (χ3v) is 6.77. The Kier molecular flexibility index (Phi) is 4.65. The van der Waals surface area contributed by atoms with Gasteiger partial charge in [-0.3, -0.25) is 4.79 Å². The molecule has 0 unspecified atom stereocenters. The van der Waals surface area contributed by atoms with Crippen LogP contribution in [0.1, 0.15) is 50.9 Å². The number of aromatic hydroxyl groups is 1. The molecular weight excluding hydrogens is 364 g/mol. The van der Waals surface area contributed by atoms with Crippen LogP contribution in [-0.2, 0) is 4.79 Å². The van der Waals surface area contributed by atoms with E-state index in [4.69, 9.17) is 4.98 Å². The molecular formula is C23H26N4O2. The van der Waals surface area contributed by atoms with Gasteiger partial charge in [-0.05, 0) is 42.5 Å². The van der Waals surface area contributed by atoms with Gasteiger partial charge < -0.3 is 10.1 Å². The first-order chi connectivity index (χ1) is 13.8. The van der Waals surface area contributed by atoms with E-state index in [9.17, 15) is 9.90 Å². The number of benzene rings is 2. The van der Waals surface area contributed by atoms with Crippen molar-refractivity contribution < 1.29 is 9.90 Å². The fourth-order valence-electron chi connectivity index (χ4n) is 4.40. The number of nitrogens with zero attached hydrogens (tertiary/aromatic N) is 2. The number of hydrogen-bond acceptors (Lipinski definition) is 4. The van der Waals surface area contributed by atoms with E-state index in [-0.39, 0.29) is 23.0 Å². The molecule has 0 aliphatic heterocycles. The third-order valence-electron chi connectivity index (χ3n) is 6.77. The number of fused-ring (bicyclic) bond motifs is 1. The number of carbonyl (C=O) groups excluding carboxylic acids is 1. The maximum Gasteiger partial charge on any atom is 0.246 e. The van der Waals surface area contributed by atoms with Crippen LogP contribution in [0.4, 0.5) is 0 Å². The standard InChI is InChI=1S/C23H26N4O2/c1-22(2)16(20-25-17-9-5-6-10-18(17)26-20)12-13-23(22,3)21(29)27-24-14-15-8-4-7-11-19(15)28/h4-11,14,16,28H,12-13H2,1-3H3,(H,25,26)(H,27,29)/b24-14-/t16-,23-/m0/s1. The number of imidazole rings is 1. The lowest BCUT2D eigenvalue weighted by Crippen LogP contribution is -2.45. The molecule has 1 aromatic heterocycles. The van der Waals surface area contributed by atoms with Crippen molar-refractivity contribution in [1.82, 2.24) is 15.4 Å². The maximum atomic E-state index is 13.1. The summed E-state index contributed by atoms with van der Waals surface area (Å²) in [6, 6.07) is 14.9. The van der Waals surface area contributed by atoms with E-state index in [2.05, 4.69) is 29.4 Å². The number of phenolic OH excluding ortho intramolecular Hbond substituents is 1. The topological polar surface area (TPSA) is 90.4 Å². The number of aromatic nitrogens is 2. The molecule has 0 saturated heterocycles. The van der Waals surface area contributed by atoms with Crippen LogP contribution in [0.15, 0.2) is 53.6 Å². The molecule has 1 aliphatic rings. The monoisotopic (exact) mass is 390 g/mol. The molecule has 0 bridgehead atoms. The Morgan fingerprint density at radius 3 is 2.69 bits per heavy atom. The summed E-state index contributed by atoms with van der Waals surface area (Å²) in [6.45, 7) is 6.26. The van der Waals surface area contributed by atoms with E-state index < -0.39 is 5.41 Å². The molecule has 1 amide bonds. The lowest BCUT2D eigenvalue weighted by Gasteiger charge is -2.39. The number of carbonyl (C=O) groups is 1. The first-order valence-corrected chi connectivity index (χ1v) is 9.89. The normalized spacial score (nSPS) is 23.6. The molecule has 6 nitrogen and oxygen atoms in total. The highest BCUT2D eigenvalue weighted by Crippen LogP contribution is 2.59. The Bertz CT molecular complexity index is 1050. The van der Waals surface area contributed by atoms with Crippen LogP contribution in [-0.4, -0.2) is 27.2 Å². The fraction of sp³-hybridized carbons (Fsp3) is 0.348. The highest BCUT2D eigenvalue weighted by atomic mass is 16.3. The van der Waals surface area contributed by atoms with E-state index in [0.29, 0.717) is 5.56 Å². The van der Waals surface area contributed by atoms with Crippen molar-refractivity contribution in [2.24, 2.45) is 15.9 Å². The van der Waals surface area contributed by atoms with Crippen molar-refractivity contribution in [2.75, 3.05) is 0 Å². The zero-order valence-electron chi connectivity index (χ0n) is 16.9. The number of hydrogen-bond donors (Lipinski definition) is 3.